The van der Waals surface area contributed by atoms with Crippen LogP contribution in [0.3, 0.4) is 0 Å². The number of nitrogens with zero attached hydrogens (tertiary/aromatic N) is 2. The van der Waals surface area contributed by atoms with E-state index in [2.05, 4.69) is 10.3 Å². The molecule has 1 aliphatic rings. The van der Waals surface area contributed by atoms with Gasteiger partial charge in [0.05, 0.1) is 40.9 Å². The Kier molecular flexibility index (Phi) is 6.41. The van der Waals surface area contributed by atoms with E-state index in [0.29, 0.717) is 0 Å². The van der Waals surface area contributed by atoms with Crippen LogP contribution < -0.4 is 5.32 Å². The summed E-state index contributed by atoms with van der Waals surface area (Å²) in [7, 11) is 0. The van der Waals surface area contributed by atoms with Crippen molar-refractivity contribution in [1.29, 1.82) is 0 Å². The van der Waals surface area contributed by atoms with Crippen molar-refractivity contribution in [2.45, 2.75) is 19.4 Å². The number of nitrogens with one attached hydrogen (secondary N) is 1. The smallest absolute Gasteiger partial charge is 0.334 e. The summed E-state index contributed by atoms with van der Waals surface area (Å²) in [6, 6.07) is 9.03. The average molecular weight is 425 g/mol. The number of dihydropyridines is 1. The van der Waals surface area contributed by atoms with Gasteiger partial charge in [0.2, 0.25) is 0 Å². The Labute approximate surface area is 176 Å². The fourth-order valence-corrected chi connectivity index (χ4v) is 3.51. The van der Waals surface area contributed by atoms with Crippen molar-refractivity contribution in [3.8, 4) is 0 Å². The van der Waals surface area contributed by atoms with Gasteiger partial charge in [-0.2, -0.15) is 0 Å². The largest absolute Gasteiger partial charge is 0.478 e. The number of hydrogen-bond donors (Lipinski definition) is 3. The van der Waals surface area contributed by atoms with E-state index in [1.807, 2.05) is 0 Å². The summed E-state index contributed by atoms with van der Waals surface area (Å²) >= 11 is 0. The molecular weight excluding hydrogens is 406 g/mol. The number of nitro groups is 1. The molecule has 1 unspecified atom stereocenters. The predicted octanol–water partition coefficient (Wildman–Crippen LogP) is 2.59. The number of carbonyl (C=O) groups is 2. The fraction of sp³-hybridized carbons (Fsp3) is 0.190. The number of para-hydroxylation sites is 1. The van der Waals surface area contributed by atoms with Crippen LogP contribution in [0.4, 0.5) is 5.69 Å². The lowest BCUT2D eigenvalue weighted by molar-refractivity contribution is -0.385. The minimum absolute atomic E-state index is 0.0205. The lowest BCUT2D eigenvalue weighted by Gasteiger charge is -2.29. The summed E-state index contributed by atoms with van der Waals surface area (Å²) in [5.41, 5.74) is 0.0987. The molecule has 1 aromatic carbocycles. The van der Waals surface area contributed by atoms with Crippen molar-refractivity contribution < 1.29 is 29.5 Å². The second-order valence-electron chi connectivity index (χ2n) is 6.77. The van der Waals surface area contributed by atoms with E-state index in [-0.39, 0.29) is 47.0 Å². The molecule has 2 heterocycles. The van der Waals surface area contributed by atoms with Crippen LogP contribution in [0.1, 0.15) is 24.0 Å². The van der Waals surface area contributed by atoms with Gasteiger partial charge in [-0.1, -0.05) is 24.3 Å². The molecule has 0 fully saturated rings. The van der Waals surface area contributed by atoms with E-state index in [0.717, 1.165) is 5.56 Å². The molecule has 1 aromatic heterocycles. The van der Waals surface area contributed by atoms with Gasteiger partial charge < -0.3 is 20.3 Å². The van der Waals surface area contributed by atoms with Crippen LogP contribution in [-0.4, -0.2) is 38.7 Å². The number of rotatable bonds is 8. The number of carboxylic acids is 2. The summed E-state index contributed by atoms with van der Waals surface area (Å²) in [6.45, 7) is 1.46. The van der Waals surface area contributed by atoms with Gasteiger partial charge >= 0.3 is 11.9 Å². The van der Waals surface area contributed by atoms with E-state index in [1.54, 1.807) is 24.5 Å². The molecule has 0 bridgehead atoms. The number of aliphatic carboxylic acids is 2. The Balaban J connectivity index is 2.06. The second kappa shape index (κ2) is 9.18. The van der Waals surface area contributed by atoms with Crippen molar-refractivity contribution in [1.82, 2.24) is 10.3 Å². The molecule has 0 saturated heterocycles. The van der Waals surface area contributed by atoms with Crippen LogP contribution in [0.2, 0.25) is 0 Å². The van der Waals surface area contributed by atoms with Crippen molar-refractivity contribution in [2.75, 3.05) is 6.61 Å². The van der Waals surface area contributed by atoms with E-state index < -0.39 is 22.8 Å². The van der Waals surface area contributed by atoms with E-state index in [1.165, 1.54) is 31.2 Å². The maximum atomic E-state index is 12.2. The molecule has 3 rings (SSSR count). The minimum Gasteiger partial charge on any atom is -0.478 e. The Morgan fingerprint density at radius 2 is 1.84 bits per heavy atom. The molecule has 0 aliphatic carbocycles. The highest BCUT2D eigenvalue weighted by atomic mass is 16.6. The maximum Gasteiger partial charge on any atom is 0.334 e. The first-order valence-corrected chi connectivity index (χ1v) is 9.18. The fourth-order valence-electron chi connectivity index (χ4n) is 3.51. The molecule has 0 radical (unpaired) electrons. The Morgan fingerprint density at radius 3 is 2.45 bits per heavy atom. The first-order chi connectivity index (χ1) is 14.8. The Bertz CT molecular complexity index is 1090. The lowest BCUT2D eigenvalue weighted by Crippen LogP contribution is -2.33. The number of ether oxygens (including phenoxy) is 1. The molecule has 1 atom stereocenters. The lowest BCUT2D eigenvalue weighted by atomic mass is 9.79. The Hall–Kier alpha value is -4.05. The number of nitro benzene ring substituents is 1. The molecular formula is C21H19N3O7. The third-order valence-electron chi connectivity index (χ3n) is 4.79. The van der Waals surface area contributed by atoms with E-state index in [4.69, 9.17) is 4.74 Å². The summed E-state index contributed by atoms with van der Waals surface area (Å²) < 4.78 is 5.62. The molecule has 1 aliphatic heterocycles. The van der Waals surface area contributed by atoms with Crippen LogP contribution in [0, 0.1) is 10.1 Å². The zero-order valence-corrected chi connectivity index (χ0v) is 16.4. The maximum absolute atomic E-state index is 12.2. The van der Waals surface area contributed by atoms with Crippen LogP contribution in [0.5, 0.6) is 0 Å². The first-order valence-electron chi connectivity index (χ1n) is 9.18. The number of pyridine rings is 1. The number of carboxylic acid groups (broad SMARTS) is 2. The van der Waals surface area contributed by atoms with Crippen molar-refractivity contribution in [3.63, 3.8) is 0 Å². The predicted molar refractivity (Wildman–Crippen MR) is 108 cm³/mol. The van der Waals surface area contributed by atoms with Gasteiger partial charge in [-0.05, 0) is 18.6 Å². The highest BCUT2D eigenvalue weighted by Crippen LogP contribution is 2.41. The monoisotopic (exact) mass is 425 g/mol. The normalized spacial score (nSPS) is 16.1. The van der Waals surface area contributed by atoms with Gasteiger partial charge in [0, 0.05) is 29.7 Å². The topological polar surface area (TPSA) is 152 Å². The van der Waals surface area contributed by atoms with Crippen LogP contribution in [0.25, 0.3) is 0 Å². The van der Waals surface area contributed by atoms with Gasteiger partial charge in [-0.25, -0.2) is 9.59 Å². The zero-order chi connectivity index (χ0) is 22.5. The summed E-state index contributed by atoms with van der Waals surface area (Å²) in [4.78, 5) is 39.0. The molecule has 0 amide bonds. The molecule has 160 valence electrons. The van der Waals surface area contributed by atoms with Crippen molar-refractivity contribution in [3.05, 3.63) is 92.6 Å². The van der Waals surface area contributed by atoms with Gasteiger partial charge in [-0.15, -0.1) is 0 Å². The molecule has 3 N–H and O–H groups in total. The number of benzene rings is 1. The molecule has 0 spiro atoms. The molecule has 0 saturated carbocycles. The number of allylic oxidation sites excluding steroid dienone is 1. The summed E-state index contributed by atoms with van der Waals surface area (Å²) in [5, 5.41) is 34.0. The van der Waals surface area contributed by atoms with E-state index in [9.17, 15) is 29.9 Å². The van der Waals surface area contributed by atoms with Crippen molar-refractivity contribution in [2.24, 2.45) is 0 Å². The van der Waals surface area contributed by atoms with Gasteiger partial charge in [0.25, 0.3) is 5.69 Å². The van der Waals surface area contributed by atoms with E-state index >= 15 is 0 Å². The highest BCUT2D eigenvalue weighted by molar-refractivity contribution is 5.98. The van der Waals surface area contributed by atoms with Crippen LogP contribution in [-0.2, 0) is 20.9 Å². The number of hydrogen-bond acceptors (Lipinski definition) is 7. The second-order valence-corrected chi connectivity index (χ2v) is 6.77. The molecule has 31 heavy (non-hydrogen) atoms. The molecule has 10 heteroatoms. The quantitative estimate of drug-likeness (QED) is 0.428. The Morgan fingerprint density at radius 1 is 1.13 bits per heavy atom. The van der Waals surface area contributed by atoms with Crippen molar-refractivity contribution >= 4 is 17.6 Å². The third-order valence-corrected chi connectivity index (χ3v) is 4.79. The van der Waals surface area contributed by atoms with Gasteiger partial charge in [-0.3, -0.25) is 15.1 Å². The molecule has 10 nitrogen and oxygen atoms in total. The zero-order valence-electron chi connectivity index (χ0n) is 16.4. The summed E-state index contributed by atoms with van der Waals surface area (Å²) in [6.07, 6.45) is 3.21. The first kappa shape index (κ1) is 21.7. The average Bonchev–Trinajstić information content (AvgIpc) is 2.73. The standard InChI is InChI=1S/C21H19N3O7/c1-12-17(20(25)26)18(14-6-2-3-7-16(14)24(29)30)19(21(27)28)15(23-12)11-31-10-13-5-4-8-22-9-13/h2-9,18,23H,10-11H2,1H3,(H,25,26)(H,27,28). The molecule has 2 aromatic rings. The van der Waals surface area contributed by atoms with Gasteiger partial charge in [0.15, 0.2) is 0 Å². The highest BCUT2D eigenvalue weighted by Gasteiger charge is 2.40. The van der Waals surface area contributed by atoms with Crippen LogP contribution in [0.15, 0.2) is 71.3 Å². The number of aromatic nitrogens is 1. The minimum atomic E-state index is -1.40. The summed E-state index contributed by atoms with van der Waals surface area (Å²) in [5.74, 6) is -4.13. The SMILES string of the molecule is CC1=C(C(=O)O)C(c2ccccc2[N+](=O)[O-])C(C(=O)O)=C(COCc2cccnc2)N1. The van der Waals surface area contributed by atoms with Gasteiger partial charge in [0.1, 0.15) is 0 Å². The van der Waals surface area contributed by atoms with Crippen LogP contribution >= 0.6 is 0 Å². The third kappa shape index (κ3) is 4.59.